The Morgan fingerprint density at radius 2 is 1.66 bits per heavy atom. The first kappa shape index (κ1) is 23.6. The molecule has 2 N–H and O–H groups in total. The molecule has 1 heterocycles. The Kier molecular flexibility index (Phi) is 6.34. The number of carbonyl (C=O) groups is 1. The smallest absolute Gasteiger partial charge is 0.289 e. The number of aromatic nitrogens is 2. The van der Waals surface area contributed by atoms with Gasteiger partial charge in [-0.15, -0.1) is 0 Å². The fourth-order valence-electron chi connectivity index (χ4n) is 3.60. The normalized spacial score (nSPS) is 11.1. The molecule has 0 fully saturated rings. The van der Waals surface area contributed by atoms with Crippen molar-refractivity contribution in [1.29, 1.82) is 0 Å². The van der Waals surface area contributed by atoms with Crippen LogP contribution in [0, 0.1) is 24.0 Å². The maximum atomic E-state index is 13.0. The summed E-state index contributed by atoms with van der Waals surface area (Å²) in [5.74, 6) is -0.462. The van der Waals surface area contributed by atoms with Crippen LogP contribution >= 0.6 is 0 Å². The Hall–Kier alpha value is -4.51. The van der Waals surface area contributed by atoms with Crippen LogP contribution in [0.4, 0.5) is 17.1 Å². The van der Waals surface area contributed by atoms with Gasteiger partial charge in [-0.1, -0.05) is 36.4 Å². The van der Waals surface area contributed by atoms with Crippen LogP contribution < -0.4 is 10.0 Å². The average molecular weight is 492 g/mol. The van der Waals surface area contributed by atoms with E-state index in [4.69, 9.17) is 0 Å². The summed E-state index contributed by atoms with van der Waals surface area (Å²) in [6.45, 7) is 3.61. The molecular weight excluding hydrogens is 470 g/mol. The second kappa shape index (κ2) is 9.39. The highest BCUT2D eigenvalue weighted by Crippen LogP contribution is 2.27. The predicted octanol–water partition coefficient (Wildman–Crippen LogP) is 4.45. The molecule has 178 valence electrons. The number of nitrogens with zero attached hydrogens (tertiary/aromatic N) is 3. The molecule has 1 amide bonds. The molecule has 11 heteroatoms. The molecule has 0 aliphatic heterocycles. The van der Waals surface area contributed by atoms with Gasteiger partial charge in [0.15, 0.2) is 4.90 Å². The molecule has 0 radical (unpaired) electrons. The number of rotatable bonds is 7. The highest BCUT2D eigenvalue weighted by atomic mass is 32.2. The Morgan fingerprint density at radius 1 is 0.971 bits per heavy atom. The van der Waals surface area contributed by atoms with E-state index in [1.54, 1.807) is 11.6 Å². The minimum absolute atomic E-state index is 0.0872. The van der Waals surface area contributed by atoms with Gasteiger partial charge in [-0.05, 0) is 50.2 Å². The third kappa shape index (κ3) is 4.89. The lowest BCUT2D eigenvalue weighted by atomic mass is 10.2. The van der Waals surface area contributed by atoms with Crippen LogP contribution in [0.3, 0.4) is 0 Å². The van der Waals surface area contributed by atoms with Crippen molar-refractivity contribution in [1.82, 2.24) is 9.78 Å². The maximum absolute atomic E-state index is 13.0. The summed E-state index contributed by atoms with van der Waals surface area (Å²) in [5.41, 5.74) is 2.48. The van der Waals surface area contributed by atoms with Crippen LogP contribution in [-0.4, -0.2) is 29.0 Å². The fraction of sp³-hybridized carbons (Fsp3) is 0.0833. The molecule has 0 bridgehead atoms. The minimum Gasteiger partial charge on any atom is -0.319 e. The lowest BCUT2D eigenvalue weighted by Gasteiger charge is -2.11. The Bertz CT molecular complexity index is 1530. The number of hydrogen-bond acceptors (Lipinski definition) is 6. The highest BCUT2D eigenvalue weighted by molar-refractivity contribution is 7.92. The first-order valence-corrected chi connectivity index (χ1v) is 11.9. The number of nitrogens with one attached hydrogen (secondary N) is 2. The molecule has 3 aromatic carbocycles. The fourth-order valence-corrected chi connectivity index (χ4v) is 4.82. The topological polar surface area (TPSA) is 136 Å². The third-order valence-electron chi connectivity index (χ3n) is 5.26. The van der Waals surface area contributed by atoms with Crippen LogP contribution in [0.2, 0.25) is 0 Å². The zero-order chi connectivity index (χ0) is 25.2. The summed E-state index contributed by atoms with van der Waals surface area (Å²) in [7, 11) is -4.27. The van der Waals surface area contributed by atoms with Crippen molar-refractivity contribution in [2.75, 3.05) is 10.0 Å². The molecule has 35 heavy (non-hydrogen) atoms. The number of amides is 1. The summed E-state index contributed by atoms with van der Waals surface area (Å²) in [4.78, 5) is 23.0. The number of benzene rings is 3. The maximum Gasteiger partial charge on any atom is 0.289 e. The SMILES string of the molecule is Cc1nn(-c2ccccc2)c(C)c1NC(=O)c1cccc(NS(=O)(=O)c2ccccc2[N+](=O)[O-])c1. The number of carbonyl (C=O) groups excluding carboxylic acids is 1. The highest BCUT2D eigenvalue weighted by Gasteiger charge is 2.25. The average Bonchev–Trinajstić information content (AvgIpc) is 3.12. The van der Waals surface area contributed by atoms with E-state index in [2.05, 4.69) is 15.1 Å². The number of nitro benzene ring substituents is 1. The van der Waals surface area contributed by atoms with Gasteiger partial charge in [0.05, 0.1) is 27.7 Å². The monoisotopic (exact) mass is 491 g/mol. The van der Waals surface area contributed by atoms with Crippen molar-refractivity contribution >= 4 is 33.0 Å². The number of hydrogen-bond donors (Lipinski definition) is 2. The molecule has 1 aromatic heterocycles. The number of para-hydroxylation sites is 2. The number of anilines is 2. The van der Waals surface area contributed by atoms with E-state index in [1.807, 2.05) is 37.3 Å². The van der Waals surface area contributed by atoms with Crippen molar-refractivity contribution in [2.45, 2.75) is 18.7 Å². The van der Waals surface area contributed by atoms with E-state index in [-0.39, 0.29) is 11.3 Å². The Labute approximate surface area is 201 Å². The number of nitro groups is 1. The van der Waals surface area contributed by atoms with E-state index in [0.29, 0.717) is 11.4 Å². The van der Waals surface area contributed by atoms with E-state index >= 15 is 0 Å². The zero-order valence-electron chi connectivity index (χ0n) is 18.8. The van der Waals surface area contributed by atoms with Crippen LogP contribution in [-0.2, 0) is 10.0 Å². The van der Waals surface area contributed by atoms with E-state index in [9.17, 15) is 23.3 Å². The second-order valence-electron chi connectivity index (χ2n) is 7.66. The van der Waals surface area contributed by atoms with Gasteiger partial charge in [-0.2, -0.15) is 5.10 Å². The van der Waals surface area contributed by atoms with Gasteiger partial charge in [0.2, 0.25) is 0 Å². The van der Waals surface area contributed by atoms with E-state index in [1.165, 1.54) is 36.4 Å². The molecule has 0 atom stereocenters. The zero-order valence-corrected chi connectivity index (χ0v) is 19.6. The van der Waals surface area contributed by atoms with Crippen LogP contribution in [0.15, 0.2) is 83.8 Å². The van der Waals surface area contributed by atoms with Gasteiger partial charge in [0.1, 0.15) is 0 Å². The number of aryl methyl sites for hydroxylation is 1. The van der Waals surface area contributed by atoms with Crippen molar-refractivity contribution in [3.63, 3.8) is 0 Å². The van der Waals surface area contributed by atoms with Crippen LogP contribution in [0.1, 0.15) is 21.7 Å². The molecule has 0 spiro atoms. The molecule has 4 aromatic rings. The second-order valence-corrected chi connectivity index (χ2v) is 9.31. The molecule has 10 nitrogen and oxygen atoms in total. The quantitative estimate of drug-likeness (QED) is 0.289. The molecule has 0 aliphatic carbocycles. The van der Waals surface area contributed by atoms with Gasteiger partial charge >= 0.3 is 0 Å². The predicted molar refractivity (Wildman–Crippen MR) is 131 cm³/mol. The van der Waals surface area contributed by atoms with Gasteiger partial charge in [0, 0.05) is 17.3 Å². The standard InChI is InChI=1S/C24H21N5O5S/c1-16-23(17(2)28(26-16)20-11-4-3-5-12-20)25-24(30)18-9-8-10-19(15-18)27-35(33,34)22-14-7-6-13-21(22)29(31)32/h3-15,27H,1-2H3,(H,25,30). The first-order valence-electron chi connectivity index (χ1n) is 10.5. The first-order chi connectivity index (χ1) is 16.7. The van der Waals surface area contributed by atoms with Gasteiger partial charge < -0.3 is 5.32 Å². The lowest BCUT2D eigenvalue weighted by Crippen LogP contribution is -2.16. The van der Waals surface area contributed by atoms with Gasteiger partial charge in [-0.25, -0.2) is 13.1 Å². The Balaban J connectivity index is 1.58. The summed E-state index contributed by atoms with van der Waals surface area (Å²) >= 11 is 0. The summed E-state index contributed by atoms with van der Waals surface area (Å²) in [6.07, 6.45) is 0. The van der Waals surface area contributed by atoms with Crippen LogP contribution in [0.25, 0.3) is 5.69 Å². The summed E-state index contributed by atoms with van der Waals surface area (Å²) < 4.78 is 29.6. The summed E-state index contributed by atoms with van der Waals surface area (Å²) in [5, 5.41) is 18.6. The molecule has 0 aliphatic rings. The molecular formula is C24H21N5O5S. The largest absolute Gasteiger partial charge is 0.319 e. The Morgan fingerprint density at radius 3 is 2.37 bits per heavy atom. The van der Waals surface area contributed by atoms with Crippen molar-refractivity contribution in [2.24, 2.45) is 0 Å². The molecule has 0 saturated heterocycles. The number of sulfonamides is 1. The van der Waals surface area contributed by atoms with Crippen molar-refractivity contribution in [3.05, 3.63) is 106 Å². The molecule has 4 rings (SSSR count). The van der Waals surface area contributed by atoms with Gasteiger partial charge in [-0.3, -0.25) is 19.6 Å². The molecule has 0 unspecified atom stereocenters. The van der Waals surface area contributed by atoms with E-state index < -0.39 is 31.4 Å². The summed E-state index contributed by atoms with van der Waals surface area (Å²) in [6, 6.07) is 20.4. The minimum atomic E-state index is -4.27. The molecule has 0 saturated carbocycles. The van der Waals surface area contributed by atoms with E-state index in [0.717, 1.165) is 23.5 Å². The van der Waals surface area contributed by atoms with Crippen molar-refractivity contribution < 1.29 is 18.1 Å². The van der Waals surface area contributed by atoms with Gasteiger partial charge in [0.25, 0.3) is 21.6 Å². The van der Waals surface area contributed by atoms with Crippen molar-refractivity contribution in [3.8, 4) is 5.69 Å². The third-order valence-corrected chi connectivity index (χ3v) is 6.69. The lowest BCUT2D eigenvalue weighted by molar-refractivity contribution is -0.387. The van der Waals surface area contributed by atoms with Crippen LogP contribution in [0.5, 0.6) is 0 Å².